The van der Waals surface area contributed by atoms with Gasteiger partial charge in [0.1, 0.15) is 12.1 Å². The predicted octanol–water partition coefficient (Wildman–Crippen LogP) is 3.85. The topological polar surface area (TPSA) is 222 Å². The molecule has 0 unspecified atom stereocenters. The summed E-state index contributed by atoms with van der Waals surface area (Å²) < 4.78 is 0. The van der Waals surface area contributed by atoms with Crippen LogP contribution in [0.25, 0.3) is 0 Å². The molecule has 0 amide bonds. The average molecular weight is 406 g/mol. The monoisotopic (exact) mass is 406 g/mol. The molecule has 6 N–H and O–H groups in total. The molecule has 0 aromatic heterocycles. The minimum Gasteiger partial charge on any atom is -0.450 e. The van der Waals surface area contributed by atoms with Gasteiger partial charge in [-0.2, -0.15) is 10.5 Å². The van der Waals surface area contributed by atoms with Gasteiger partial charge in [0, 0.05) is 0 Å². The van der Waals surface area contributed by atoms with E-state index >= 15 is 0 Å². The molecule has 2 aliphatic carbocycles. The zero-order valence-electron chi connectivity index (χ0n) is 15.3. The number of carbonyl (C=O) groups is 2. The van der Waals surface area contributed by atoms with Crippen molar-refractivity contribution in [2.75, 3.05) is 0 Å². The number of nitriles is 2. The molecule has 0 spiro atoms. The van der Waals surface area contributed by atoms with Gasteiger partial charge in [-0.3, -0.25) is 10.5 Å². The van der Waals surface area contributed by atoms with Gasteiger partial charge in [-0.25, -0.2) is 19.4 Å². The molecule has 2 fully saturated rings. The van der Waals surface area contributed by atoms with Crippen LogP contribution in [0.3, 0.4) is 0 Å². The maximum atomic E-state index is 8.61. The predicted molar refractivity (Wildman–Crippen MR) is 91.6 cm³/mol. The second-order valence-corrected chi connectivity index (χ2v) is 6.08. The third-order valence-electron chi connectivity index (χ3n) is 4.08. The van der Waals surface area contributed by atoms with Crippen LogP contribution in [0.1, 0.15) is 64.2 Å². The van der Waals surface area contributed by atoms with Crippen molar-refractivity contribution in [3.63, 3.8) is 0 Å². The Bertz CT molecular complexity index is 473. The molecule has 0 radical (unpaired) electrons. The van der Waals surface area contributed by atoms with Crippen molar-refractivity contribution >= 4 is 12.3 Å². The molecule has 12 heteroatoms. The van der Waals surface area contributed by atoms with Gasteiger partial charge in [0.25, 0.3) is 0 Å². The lowest BCUT2D eigenvalue weighted by Crippen LogP contribution is -2.31. The van der Waals surface area contributed by atoms with Crippen LogP contribution in [-0.2, 0) is 9.78 Å². The quantitative estimate of drug-likeness (QED) is 0.284. The summed E-state index contributed by atoms with van der Waals surface area (Å²) in [5.41, 5.74) is -1.75. The second-order valence-electron chi connectivity index (χ2n) is 6.08. The van der Waals surface area contributed by atoms with Crippen LogP contribution in [0.15, 0.2) is 0 Å². The Morgan fingerprint density at radius 1 is 0.643 bits per heavy atom. The summed E-state index contributed by atoms with van der Waals surface area (Å²) in [6.07, 6.45) is 5.21. The lowest BCUT2D eigenvalue weighted by atomic mass is 9.86. The fourth-order valence-electron chi connectivity index (χ4n) is 2.69. The summed E-state index contributed by atoms with van der Waals surface area (Å²) in [6.45, 7) is 0. The second kappa shape index (κ2) is 15.4. The first-order chi connectivity index (χ1) is 13.1. The van der Waals surface area contributed by atoms with Crippen molar-refractivity contribution in [2.24, 2.45) is 0 Å². The van der Waals surface area contributed by atoms with E-state index in [1.807, 2.05) is 12.1 Å². The fraction of sp³-hybridized carbons (Fsp3) is 0.750. The molecule has 12 nitrogen and oxygen atoms in total. The molecule has 0 atom stereocenters. The van der Waals surface area contributed by atoms with Gasteiger partial charge < -0.3 is 20.4 Å². The summed E-state index contributed by atoms with van der Waals surface area (Å²) in [4.78, 5) is 25.4. The molecular weight excluding hydrogens is 380 g/mol. The highest BCUT2D eigenvalue weighted by Gasteiger charge is 2.34. The van der Waals surface area contributed by atoms with Gasteiger partial charge in [-0.15, -0.1) is 0 Å². The highest BCUT2D eigenvalue weighted by atomic mass is 17.1. The zero-order valence-corrected chi connectivity index (χ0v) is 15.3. The lowest BCUT2D eigenvalue weighted by Gasteiger charge is -2.26. The van der Waals surface area contributed by atoms with E-state index in [-0.39, 0.29) is 0 Å². The van der Waals surface area contributed by atoms with E-state index in [0.717, 1.165) is 38.5 Å². The Labute approximate surface area is 161 Å². The third-order valence-corrected chi connectivity index (χ3v) is 4.08. The van der Waals surface area contributed by atoms with Crippen molar-refractivity contribution in [1.82, 2.24) is 0 Å². The summed E-state index contributed by atoms with van der Waals surface area (Å²) in [5, 5.41) is 61.9. The van der Waals surface area contributed by atoms with Crippen LogP contribution in [-0.4, -0.2) is 54.5 Å². The highest BCUT2D eigenvalue weighted by molar-refractivity contribution is 5.53. The van der Waals surface area contributed by atoms with E-state index in [2.05, 4.69) is 9.78 Å². The largest absolute Gasteiger partial charge is 0.503 e. The van der Waals surface area contributed by atoms with Crippen LogP contribution in [0.5, 0.6) is 0 Å². The Morgan fingerprint density at radius 2 is 0.857 bits per heavy atom. The first-order valence-corrected chi connectivity index (χ1v) is 8.44. The van der Waals surface area contributed by atoms with E-state index < -0.39 is 23.5 Å². The molecule has 2 saturated carbocycles. The molecule has 0 saturated heterocycles. The van der Waals surface area contributed by atoms with E-state index in [1.165, 1.54) is 0 Å². The molecule has 160 valence electrons. The van der Waals surface area contributed by atoms with Gasteiger partial charge >= 0.3 is 12.3 Å². The maximum Gasteiger partial charge on any atom is 0.503 e. The van der Waals surface area contributed by atoms with E-state index in [0.29, 0.717) is 25.7 Å². The summed E-state index contributed by atoms with van der Waals surface area (Å²) >= 11 is 0. The van der Waals surface area contributed by atoms with E-state index in [1.54, 1.807) is 0 Å². The van der Waals surface area contributed by atoms with Crippen LogP contribution in [0.2, 0.25) is 0 Å². The van der Waals surface area contributed by atoms with Gasteiger partial charge in [-0.05, 0) is 51.4 Å². The minimum absolute atomic E-state index is 0.667. The van der Waals surface area contributed by atoms with Crippen molar-refractivity contribution in [1.29, 1.82) is 10.5 Å². The van der Waals surface area contributed by atoms with Crippen molar-refractivity contribution in [3.05, 3.63) is 0 Å². The van der Waals surface area contributed by atoms with Crippen LogP contribution >= 0.6 is 0 Å². The number of carboxylic acid groups (broad SMARTS) is 4. The van der Waals surface area contributed by atoms with Crippen LogP contribution in [0, 0.1) is 22.7 Å². The maximum absolute atomic E-state index is 8.61. The van der Waals surface area contributed by atoms with E-state index in [4.69, 9.17) is 51.1 Å². The summed E-state index contributed by atoms with van der Waals surface area (Å²) in [7, 11) is 0. The molecule has 0 heterocycles. The lowest BCUT2D eigenvalue weighted by molar-refractivity contribution is -0.311. The molecule has 0 aromatic rings. The average Bonchev–Trinajstić information content (AvgIpc) is 2.68. The Hall–Kier alpha value is -2.64. The Kier molecular flexibility index (Phi) is 15.2. The van der Waals surface area contributed by atoms with Crippen molar-refractivity contribution in [2.45, 2.75) is 75.4 Å². The van der Waals surface area contributed by atoms with Crippen LogP contribution in [0.4, 0.5) is 9.59 Å². The molecule has 0 aliphatic heterocycles. The molecule has 0 aromatic carbocycles. The molecule has 28 heavy (non-hydrogen) atoms. The fourth-order valence-corrected chi connectivity index (χ4v) is 2.69. The minimum atomic E-state index is -1.83. The molecule has 2 aliphatic rings. The van der Waals surface area contributed by atoms with Gasteiger partial charge in [-0.1, -0.05) is 12.8 Å². The van der Waals surface area contributed by atoms with Crippen molar-refractivity contribution < 1.29 is 50.3 Å². The first kappa shape index (κ1) is 27.6. The SMILES string of the molecule is N#CC1(OO)CCCCC1.N#CC1(OO)CCCCC1.O=C(O)O.O=C(O)O. The standard InChI is InChI=1S/2C7H11NO2.2CH2O3/c2*8-6-7(10-9)4-2-1-3-5-7;2*2-1(3)4/h2*9H,1-5H2;2*(H2,2,3,4). The number of hydrogen-bond donors (Lipinski definition) is 6. The summed E-state index contributed by atoms with van der Waals surface area (Å²) in [5.74, 6) is 0. The normalized spacial score (nSPS) is 18.6. The smallest absolute Gasteiger partial charge is 0.450 e. The first-order valence-electron chi connectivity index (χ1n) is 8.44. The van der Waals surface area contributed by atoms with Crippen molar-refractivity contribution in [3.8, 4) is 12.1 Å². The zero-order chi connectivity index (χ0) is 22.1. The summed E-state index contributed by atoms with van der Waals surface area (Å²) in [6, 6.07) is 3.99. The van der Waals surface area contributed by atoms with E-state index in [9.17, 15) is 0 Å². The highest BCUT2D eigenvalue weighted by Crippen LogP contribution is 2.30. The number of nitrogens with zero attached hydrogens (tertiary/aromatic N) is 2. The number of rotatable bonds is 2. The van der Waals surface area contributed by atoms with Gasteiger partial charge in [0.15, 0.2) is 11.2 Å². The Morgan fingerprint density at radius 3 is 0.964 bits per heavy atom. The molecule has 2 rings (SSSR count). The van der Waals surface area contributed by atoms with Gasteiger partial charge in [0.2, 0.25) is 0 Å². The molecule has 0 bridgehead atoms. The molecular formula is C16H26N2O10. The third kappa shape index (κ3) is 13.5. The van der Waals surface area contributed by atoms with Gasteiger partial charge in [0.05, 0.1) is 0 Å². The van der Waals surface area contributed by atoms with Crippen LogP contribution < -0.4 is 0 Å². The Balaban J connectivity index is 0. The number of hydrogen-bond acceptors (Lipinski definition) is 8.